The van der Waals surface area contributed by atoms with Crippen molar-refractivity contribution in [2.24, 2.45) is 11.3 Å². The Balaban J connectivity index is 0.00000182. The summed E-state index contributed by atoms with van der Waals surface area (Å²) in [6.07, 6.45) is 4.67. The van der Waals surface area contributed by atoms with E-state index in [-0.39, 0.29) is 23.7 Å². The third kappa shape index (κ3) is 3.06. The van der Waals surface area contributed by atoms with Gasteiger partial charge in [0, 0.05) is 29.7 Å². The normalized spacial score (nSPS) is 25.4. The Labute approximate surface area is 155 Å². The second kappa shape index (κ2) is 7.00. The van der Waals surface area contributed by atoms with Crippen molar-refractivity contribution in [1.29, 1.82) is 0 Å². The number of hydrogen-bond acceptors (Lipinski definition) is 2. The summed E-state index contributed by atoms with van der Waals surface area (Å²) in [4.78, 5) is 16.4. The predicted octanol–water partition coefficient (Wildman–Crippen LogP) is 3.60. The second-order valence-electron chi connectivity index (χ2n) is 7.67. The minimum Gasteiger partial charge on any atom is -0.358 e. The fourth-order valence-electron chi connectivity index (χ4n) is 4.67. The molecule has 1 aromatic carbocycles. The van der Waals surface area contributed by atoms with Crippen molar-refractivity contribution >= 4 is 29.2 Å². The van der Waals surface area contributed by atoms with Gasteiger partial charge in [0.25, 0.3) is 0 Å². The number of aromatic nitrogens is 1. The van der Waals surface area contributed by atoms with E-state index in [4.69, 9.17) is 0 Å². The molecule has 4 nitrogen and oxygen atoms in total. The van der Waals surface area contributed by atoms with Gasteiger partial charge < -0.3 is 15.6 Å². The van der Waals surface area contributed by atoms with Crippen molar-refractivity contribution in [3.05, 3.63) is 35.0 Å². The first-order valence-electron chi connectivity index (χ1n) is 9.17. The molecule has 1 aliphatic carbocycles. The van der Waals surface area contributed by atoms with Crippen LogP contribution >= 0.6 is 12.4 Å². The molecule has 136 valence electrons. The van der Waals surface area contributed by atoms with Crippen LogP contribution in [0.3, 0.4) is 0 Å². The number of halogens is 1. The fraction of sp³-hybridized carbons (Fsp3) is 0.550. The predicted molar refractivity (Wildman–Crippen MR) is 104 cm³/mol. The average Bonchev–Trinajstić information content (AvgIpc) is 3.15. The molecule has 0 bridgehead atoms. The molecule has 1 amide bonds. The van der Waals surface area contributed by atoms with E-state index < -0.39 is 0 Å². The Bertz CT molecular complexity index is 785. The van der Waals surface area contributed by atoms with Gasteiger partial charge in [0.05, 0.1) is 5.41 Å². The lowest BCUT2D eigenvalue weighted by molar-refractivity contribution is -0.134. The lowest BCUT2D eigenvalue weighted by atomic mass is 9.67. The molecule has 0 spiro atoms. The van der Waals surface area contributed by atoms with E-state index in [0.717, 1.165) is 19.5 Å². The molecule has 0 radical (unpaired) electrons. The van der Waals surface area contributed by atoms with Gasteiger partial charge in [-0.2, -0.15) is 0 Å². The largest absolute Gasteiger partial charge is 0.358 e. The lowest BCUT2D eigenvalue weighted by Crippen LogP contribution is -2.47. The molecule has 0 unspecified atom stereocenters. The van der Waals surface area contributed by atoms with Crippen LogP contribution in [0, 0.1) is 25.2 Å². The number of benzene rings is 1. The Hall–Kier alpha value is -1.52. The first-order chi connectivity index (χ1) is 11.6. The number of rotatable bonds is 3. The smallest absolute Gasteiger partial charge is 0.228 e. The quantitative estimate of drug-likeness (QED) is 0.782. The van der Waals surface area contributed by atoms with Crippen LogP contribution < -0.4 is 10.6 Å². The van der Waals surface area contributed by atoms with E-state index in [9.17, 15) is 4.79 Å². The SMILES string of the molecule is Cc1[nH]c2ccc(CNC(=O)[C@@]34CCCC[C@H]3CNC4)cc2c1C.Cl. The molecule has 1 aliphatic heterocycles. The number of H-pyrrole nitrogens is 1. The Kier molecular flexibility index (Phi) is 5.12. The summed E-state index contributed by atoms with van der Waals surface area (Å²) in [5.74, 6) is 0.766. The number of carbonyl (C=O) groups is 1. The van der Waals surface area contributed by atoms with Crippen LogP contribution in [0.25, 0.3) is 10.9 Å². The zero-order valence-electron chi connectivity index (χ0n) is 15.1. The number of carbonyl (C=O) groups excluding carboxylic acids is 1. The molecule has 1 aromatic heterocycles. The van der Waals surface area contributed by atoms with Crippen LogP contribution in [0.4, 0.5) is 0 Å². The molecule has 1 saturated heterocycles. The molecule has 25 heavy (non-hydrogen) atoms. The van der Waals surface area contributed by atoms with Gasteiger partial charge >= 0.3 is 0 Å². The van der Waals surface area contributed by atoms with E-state index in [1.54, 1.807) is 0 Å². The first kappa shape index (κ1) is 18.3. The molecule has 2 aliphatic rings. The van der Waals surface area contributed by atoms with E-state index >= 15 is 0 Å². The van der Waals surface area contributed by atoms with Crippen LogP contribution in [-0.2, 0) is 11.3 Å². The molecule has 2 aromatic rings. The Morgan fingerprint density at radius 3 is 3.00 bits per heavy atom. The highest BCUT2D eigenvalue weighted by Gasteiger charge is 2.49. The lowest BCUT2D eigenvalue weighted by Gasteiger charge is -2.37. The molecular formula is C20H28ClN3O. The molecular weight excluding hydrogens is 334 g/mol. The molecule has 5 heteroatoms. The molecule has 2 heterocycles. The highest BCUT2D eigenvalue weighted by Crippen LogP contribution is 2.43. The summed E-state index contributed by atoms with van der Waals surface area (Å²) >= 11 is 0. The van der Waals surface area contributed by atoms with E-state index in [1.165, 1.54) is 47.0 Å². The topological polar surface area (TPSA) is 56.9 Å². The van der Waals surface area contributed by atoms with Gasteiger partial charge in [-0.3, -0.25) is 4.79 Å². The standard InChI is InChI=1S/C20H27N3O.ClH/c1-13-14(2)23-18-7-6-15(9-17(13)18)10-22-19(24)20-8-4-3-5-16(20)11-21-12-20;/h6-7,9,16,21,23H,3-5,8,10-12H2,1-2H3,(H,22,24);1H/t16-,20+;/m0./s1. The van der Waals surface area contributed by atoms with Crippen molar-refractivity contribution in [2.45, 2.75) is 46.1 Å². The van der Waals surface area contributed by atoms with Gasteiger partial charge in [0.1, 0.15) is 0 Å². The van der Waals surface area contributed by atoms with Crippen LogP contribution in [0.2, 0.25) is 0 Å². The highest BCUT2D eigenvalue weighted by molar-refractivity contribution is 5.86. The molecule has 4 rings (SSSR count). The van der Waals surface area contributed by atoms with E-state index in [2.05, 4.69) is 47.7 Å². The third-order valence-corrected chi connectivity index (χ3v) is 6.32. The van der Waals surface area contributed by atoms with Gasteiger partial charge in [0.2, 0.25) is 5.91 Å². The van der Waals surface area contributed by atoms with Gasteiger partial charge in [-0.05, 0) is 62.4 Å². The molecule has 3 N–H and O–H groups in total. The van der Waals surface area contributed by atoms with Crippen LogP contribution in [0.5, 0.6) is 0 Å². The minimum absolute atomic E-state index is 0. The van der Waals surface area contributed by atoms with Gasteiger partial charge in [-0.25, -0.2) is 0 Å². The maximum atomic E-state index is 13.0. The number of aryl methyl sites for hydroxylation is 2. The number of hydrogen-bond donors (Lipinski definition) is 3. The van der Waals surface area contributed by atoms with Crippen LogP contribution in [0.1, 0.15) is 42.5 Å². The molecule has 2 fully saturated rings. The summed E-state index contributed by atoms with van der Waals surface area (Å²) in [6, 6.07) is 6.44. The Morgan fingerprint density at radius 1 is 1.32 bits per heavy atom. The van der Waals surface area contributed by atoms with E-state index in [0.29, 0.717) is 12.5 Å². The van der Waals surface area contributed by atoms with Crippen molar-refractivity contribution in [3.63, 3.8) is 0 Å². The summed E-state index contributed by atoms with van der Waals surface area (Å²) in [5.41, 5.74) is 4.69. The van der Waals surface area contributed by atoms with Gasteiger partial charge in [0.15, 0.2) is 0 Å². The zero-order chi connectivity index (χ0) is 16.7. The summed E-state index contributed by atoms with van der Waals surface area (Å²) < 4.78 is 0. The number of aromatic amines is 1. The maximum absolute atomic E-state index is 13.0. The van der Waals surface area contributed by atoms with Crippen LogP contribution in [0.15, 0.2) is 18.2 Å². The minimum atomic E-state index is -0.164. The average molecular weight is 362 g/mol. The van der Waals surface area contributed by atoms with Crippen LogP contribution in [-0.4, -0.2) is 24.0 Å². The summed E-state index contributed by atoms with van der Waals surface area (Å²) in [5, 5.41) is 7.95. The van der Waals surface area contributed by atoms with Crippen molar-refractivity contribution < 1.29 is 4.79 Å². The number of nitrogens with one attached hydrogen (secondary N) is 3. The second-order valence-corrected chi connectivity index (χ2v) is 7.67. The molecule has 1 saturated carbocycles. The maximum Gasteiger partial charge on any atom is 0.228 e. The third-order valence-electron chi connectivity index (χ3n) is 6.32. The van der Waals surface area contributed by atoms with Crippen molar-refractivity contribution in [1.82, 2.24) is 15.6 Å². The Morgan fingerprint density at radius 2 is 2.16 bits per heavy atom. The first-order valence-corrected chi connectivity index (χ1v) is 9.17. The highest BCUT2D eigenvalue weighted by atomic mass is 35.5. The van der Waals surface area contributed by atoms with Gasteiger partial charge in [-0.1, -0.05) is 18.9 Å². The van der Waals surface area contributed by atoms with Crippen molar-refractivity contribution in [2.75, 3.05) is 13.1 Å². The van der Waals surface area contributed by atoms with E-state index in [1.807, 2.05) is 0 Å². The van der Waals surface area contributed by atoms with Crippen molar-refractivity contribution in [3.8, 4) is 0 Å². The number of fused-ring (bicyclic) bond motifs is 2. The fourth-order valence-corrected chi connectivity index (χ4v) is 4.67. The zero-order valence-corrected chi connectivity index (χ0v) is 15.9. The summed E-state index contributed by atoms with van der Waals surface area (Å²) in [6.45, 7) is 6.71. The summed E-state index contributed by atoms with van der Waals surface area (Å²) in [7, 11) is 0. The molecule has 2 atom stereocenters. The monoisotopic (exact) mass is 361 g/mol. The number of amides is 1. The van der Waals surface area contributed by atoms with Gasteiger partial charge in [-0.15, -0.1) is 12.4 Å².